The number of rotatable bonds is 4. The number of aromatic nitrogens is 2. The fourth-order valence-corrected chi connectivity index (χ4v) is 4.53. The molecular formula is C11H12Br3N3S. The maximum atomic E-state index is 4.29. The Morgan fingerprint density at radius 1 is 1.39 bits per heavy atom. The van der Waals surface area contributed by atoms with E-state index in [9.17, 15) is 0 Å². The van der Waals surface area contributed by atoms with Gasteiger partial charge in [0.1, 0.15) is 0 Å². The Kier molecular flexibility index (Phi) is 5.05. The van der Waals surface area contributed by atoms with Crippen LogP contribution in [0.1, 0.15) is 23.5 Å². The molecule has 0 fully saturated rings. The molecule has 18 heavy (non-hydrogen) atoms. The van der Waals surface area contributed by atoms with Crippen LogP contribution in [0.5, 0.6) is 0 Å². The Balaban J connectivity index is 2.46. The second-order valence-electron chi connectivity index (χ2n) is 3.76. The van der Waals surface area contributed by atoms with E-state index in [-0.39, 0.29) is 6.04 Å². The molecule has 2 heterocycles. The largest absolute Gasteiger partial charge is 0.305 e. The minimum Gasteiger partial charge on any atom is -0.305 e. The summed E-state index contributed by atoms with van der Waals surface area (Å²) >= 11 is 12.4. The summed E-state index contributed by atoms with van der Waals surface area (Å²) in [7, 11) is 1.96. The summed E-state index contributed by atoms with van der Waals surface area (Å²) in [5.41, 5.74) is 1.14. The van der Waals surface area contributed by atoms with E-state index in [0.717, 1.165) is 25.0 Å². The number of nitrogens with one attached hydrogen (secondary N) is 1. The van der Waals surface area contributed by atoms with Crippen LogP contribution in [0, 0.1) is 0 Å². The molecular weight excluding hydrogens is 446 g/mol. The molecule has 0 aliphatic carbocycles. The van der Waals surface area contributed by atoms with Crippen LogP contribution in [0.3, 0.4) is 0 Å². The monoisotopic (exact) mass is 455 g/mol. The van der Waals surface area contributed by atoms with Gasteiger partial charge in [-0.15, -0.1) is 11.3 Å². The molecule has 1 N–H and O–H groups in total. The molecule has 1 atom stereocenters. The van der Waals surface area contributed by atoms with E-state index >= 15 is 0 Å². The molecule has 3 nitrogen and oxygen atoms in total. The predicted molar refractivity (Wildman–Crippen MR) is 86.1 cm³/mol. The zero-order valence-electron chi connectivity index (χ0n) is 9.88. The third-order valence-corrected chi connectivity index (χ3v) is 6.50. The van der Waals surface area contributed by atoms with Crippen molar-refractivity contribution >= 4 is 59.1 Å². The summed E-state index contributed by atoms with van der Waals surface area (Å²) in [5.74, 6) is 0. The lowest BCUT2D eigenvalue weighted by atomic mass is 10.1. The summed E-state index contributed by atoms with van der Waals surface area (Å²) in [5, 5.41) is 7.79. The highest BCUT2D eigenvalue weighted by molar-refractivity contribution is 9.13. The number of hydrogen-bond acceptors (Lipinski definition) is 3. The average molecular weight is 458 g/mol. The molecule has 98 valence electrons. The maximum Gasteiger partial charge on any atom is 0.0854 e. The SMILES string of the molecule is CCNC(c1cc(Br)c(Br)s1)c1c(Br)cnn1C. The molecule has 0 aromatic carbocycles. The molecule has 0 radical (unpaired) electrons. The lowest BCUT2D eigenvalue weighted by Crippen LogP contribution is -2.23. The van der Waals surface area contributed by atoms with Crippen molar-refractivity contribution in [3.8, 4) is 0 Å². The van der Waals surface area contributed by atoms with Gasteiger partial charge in [-0.3, -0.25) is 4.68 Å². The van der Waals surface area contributed by atoms with Crippen molar-refractivity contribution < 1.29 is 0 Å². The van der Waals surface area contributed by atoms with Crippen molar-refractivity contribution in [3.05, 3.63) is 35.6 Å². The van der Waals surface area contributed by atoms with E-state index in [1.54, 1.807) is 11.3 Å². The average Bonchev–Trinajstić information content (AvgIpc) is 2.81. The Hall–Kier alpha value is 0.310. The first-order chi connectivity index (χ1) is 8.54. The summed E-state index contributed by atoms with van der Waals surface area (Å²) < 4.78 is 5.12. The van der Waals surface area contributed by atoms with Crippen LogP contribution in [0.4, 0.5) is 0 Å². The minimum atomic E-state index is 0.143. The minimum absolute atomic E-state index is 0.143. The van der Waals surface area contributed by atoms with Gasteiger partial charge in [0, 0.05) is 16.4 Å². The molecule has 0 spiro atoms. The lowest BCUT2D eigenvalue weighted by Gasteiger charge is -2.17. The van der Waals surface area contributed by atoms with E-state index < -0.39 is 0 Å². The fraction of sp³-hybridized carbons (Fsp3) is 0.364. The van der Waals surface area contributed by atoms with E-state index in [4.69, 9.17) is 0 Å². The molecule has 1 unspecified atom stereocenters. The Morgan fingerprint density at radius 2 is 2.11 bits per heavy atom. The Morgan fingerprint density at radius 3 is 2.56 bits per heavy atom. The van der Waals surface area contributed by atoms with Gasteiger partial charge in [0.05, 0.1) is 26.2 Å². The van der Waals surface area contributed by atoms with Gasteiger partial charge in [-0.1, -0.05) is 6.92 Å². The predicted octanol–water partition coefficient (Wildman–Crippen LogP) is 4.47. The van der Waals surface area contributed by atoms with Crippen LogP contribution in [0.25, 0.3) is 0 Å². The van der Waals surface area contributed by atoms with Crippen LogP contribution >= 0.6 is 59.1 Å². The Bertz CT molecular complexity index is 511. The van der Waals surface area contributed by atoms with Gasteiger partial charge in [0.15, 0.2) is 0 Å². The second-order valence-corrected chi connectivity index (χ2v) is 7.87. The molecule has 7 heteroatoms. The van der Waals surface area contributed by atoms with Crippen molar-refractivity contribution in [1.82, 2.24) is 15.1 Å². The molecule has 0 bridgehead atoms. The molecule has 2 aromatic heterocycles. The first kappa shape index (κ1) is 14.7. The molecule has 0 amide bonds. The highest BCUT2D eigenvalue weighted by Crippen LogP contribution is 2.38. The first-order valence-electron chi connectivity index (χ1n) is 5.40. The second kappa shape index (κ2) is 6.17. The maximum absolute atomic E-state index is 4.29. The third-order valence-electron chi connectivity index (χ3n) is 2.57. The van der Waals surface area contributed by atoms with Crippen molar-refractivity contribution in [1.29, 1.82) is 0 Å². The Labute approximate surface area is 135 Å². The van der Waals surface area contributed by atoms with E-state index in [1.165, 1.54) is 4.88 Å². The normalized spacial score (nSPS) is 12.9. The molecule has 2 rings (SSSR count). The molecule has 0 saturated carbocycles. The van der Waals surface area contributed by atoms with Gasteiger partial charge < -0.3 is 5.32 Å². The highest BCUT2D eigenvalue weighted by atomic mass is 79.9. The molecule has 0 saturated heterocycles. The fourth-order valence-electron chi connectivity index (χ4n) is 1.79. The van der Waals surface area contributed by atoms with Crippen molar-refractivity contribution in [3.63, 3.8) is 0 Å². The van der Waals surface area contributed by atoms with Crippen LogP contribution < -0.4 is 5.32 Å². The summed E-state index contributed by atoms with van der Waals surface area (Å²) in [6.45, 7) is 3.00. The van der Waals surface area contributed by atoms with Crippen LogP contribution in [-0.2, 0) is 7.05 Å². The zero-order valence-corrected chi connectivity index (χ0v) is 15.5. The summed E-state index contributed by atoms with van der Waals surface area (Å²) in [6, 6.07) is 2.28. The van der Waals surface area contributed by atoms with E-state index in [1.807, 2.05) is 17.9 Å². The van der Waals surface area contributed by atoms with Crippen LogP contribution in [-0.4, -0.2) is 16.3 Å². The number of hydrogen-bond donors (Lipinski definition) is 1. The van der Waals surface area contributed by atoms with Crippen LogP contribution in [0.15, 0.2) is 25.0 Å². The number of thiophene rings is 1. The van der Waals surface area contributed by atoms with Gasteiger partial charge in [0.2, 0.25) is 0 Å². The van der Waals surface area contributed by atoms with Crippen molar-refractivity contribution in [2.45, 2.75) is 13.0 Å². The molecule has 0 aliphatic rings. The topological polar surface area (TPSA) is 29.9 Å². The first-order valence-corrected chi connectivity index (χ1v) is 8.59. The van der Waals surface area contributed by atoms with Crippen LogP contribution in [0.2, 0.25) is 0 Å². The summed E-state index contributed by atoms with van der Waals surface area (Å²) in [4.78, 5) is 1.25. The summed E-state index contributed by atoms with van der Waals surface area (Å²) in [6.07, 6.45) is 1.83. The van der Waals surface area contributed by atoms with Gasteiger partial charge in [-0.2, -0.15) is 5.10 Å². The standard InChI is InChI=1S/C11H12Br3N3S/c1-3-15-9(8-4-6(12)11(14)18-8)10-7(13)5-16-17(10)2/h4-5,9,15H,3H2,1-2H3. The number of nitrogens with zero attached hydrogens (tertiary/aromatic N) is 2. The molecule has 0 aliphatic heterocycles. The van der Waals surface area contributed by atoms with Gasteiger partial charge in [-0.05, 0) is 60.4 Å². The number of halogens is 3. The van der Waals surface area contributed by atoms with Gasteiger partial charge in [-0.25, -0.2) is 0 Å². The highest BCUT2D eigenvalue weighted by Gasteiger charge is 2.22. The smallest absolute Gasteiger partial charge is 0.0854 e. The quantitative estimate of drug-likeness (QED) is 0.734. The van der Waals surface area contributed by atoms with Crippen molar-refractivity contribution in [2.75, 3.05) is 6.54 Å². The van der Waals surface area contributed by atoms with E-state index in [0.29, 0.717) is 0 Å². The van der Waals surface area contributed by atoms with Gasteiger partial charge >= 0.3 is 0 Å². The molecule has 2 aromatic rings. The zero-order chi connectivity index (χ0) is 13.3. The third kappa shape index (κ3) is 2.90. The van der Waals surface area contributed by atoms with Crippen molar-refractivity contribution in [2.24, 2.45) is 7.05 Å². The number of aryl methyl sites for hydroxylation is 1. The lowest BCUT2D eigenvalue weighted by molar-refractivity contribution is 0.577. The van der Waals surface area contributed by atoms with Gasteiger partial charge in [0.25, 0.3) is 0 Å². The van der Waals surface area contributed by atoms with E-state index in [2.05, 4.69) is 71.2 Å².